The van der Waals surface area contributed by atoms with Gasteiger partial charge in [-0.05, 0) is 19.8 Å². The molecule has 0 aromatic rings. The van der Waals surface area contributed by atoms with Crippen molar-refractivity contribution in [2.75, 3.05) is 6.61 Å². The van der Waals surface area contributed by atoms with Crippen molar-refractivity contribution < 1.29 is 9.47 Å². The van der Waals surface area contributed by atoms with Crippen LogP contribution in [0, 0.1) is 0 Å². The highest BCUT2D eigenvalue weighted by atomic mass is 16.7. The SMILES string of the molecule is CC.CCCCCCC1(CCCCCC)OCC(C)O1. The molecule has 0 N–H and O–H groups in total. The Morgan fingerprint density at radius 2 is 1.35 bits per heavy atom. The molecule has 1 heterocycles. The first-order valence-corrected chi connectivity index (χ1v) is 9.04. The van der Waals surface area contributed by atoms with Crippen LogP contribution in [-0.2, 0) is 9.47 Å². The first-order valence-electron chi connectivity index (χ1n) is 9.04. The van der Waals surface area contributed by atoms with Gasteiger partial charge in [-0.1, -0.05) is 66.2 Å². The number of hydrogen-bond acceptors (Lipinski definition) is 2. The number of rotatable bonds is 10. The van der Waals surface area contributed by atoms with Crippen LogP contribution in [0.5, 0.6) is 0 Å². The van der Waals surface area contributed by atoms with Gasteiger partial charge in [0.2, 0.25) is 0 Å². The fraction of sp³-hybridized carbons (Fsp3) is 1.00. The zero-order valence-electron chi connectivity index (χ0n) is 14.7. The van der Waals surface area contributed by atoms with Crippen LogP contribution in [0.15, 0.2) is 0 Å². The summed E-state index contributed by atoms with van der Waals surface area (Å²) >= 11 is 0. The van der Waals surface area contributed by atoms with Crippen molar-refractivity contribution in [3.63, 3.8) is 0 Å². The Morgan fingerprint density at radius 3 is 1.70 bits per heavy atom. The van der Waals surface area contributed by atoms with E-state index in [-0.39, 0.29) is 11.9 Å². The first-order chi connectivity index (χ1) is 9.72. The largest absolute Gasteiger partial charge is 0.347 e. The van der Waals surface area contributed by atoms with Gasteiger partial charge < -0.3 is 9.47 Å². The Kier molecular flexibility index (Phi) is 12.6. The Morgan fingerprint density at radius 1 is 0.850 bits per heavy atom. The molecule has 0 aromatic heterocycles. The summed E-state index contributed by atoms with van der Waals surface area (Å²) in [7, 11) is 0. The molecule has 1 fully saturated rings. The van der Waals surface area contributed by atoms with Gasteiger partial charge in [0, 0.05) is 12.8 Å². The molecule has 0 amide bonds. The average Bonchev–Trinajstić information content (AvgIpc) is 2.84. The van der Waals surface area contributed by atoms with Gasteiger partial charge in [-0.15, -0.1) is 0 Å². The van der Waals surface area contributed by atoms with E-state index < -0.39 is 0 Å². The quantitative estimate of drug-likeness (QED) is 0.453. The molecule has 2 heteroatoms. The van der Waals surface area contributed by atoms with Crippen molar-refractivity contribution >= 4 is 0 Å². The molecule has 0 spiro atoms. The highest BCUT2D eigenvalue weighted by Gasteiger charge is 2.38. The van der Waals surface area contributed by atoms with Crippen molar-refractivity contribution in [2.24, 2.45) is 0 Å². The van der Waals surface area contributed by atoms with Crippen LogP contribution in [0.4, 0.5) is 0 Å². The third-order valence-corrected chi connectivity index (χ3v) is 3.82. The summed E-state index contributed by atoms with van der Waals surface area (Å²) in [5, 5.41) is 0. The summed E-state index contributed by atoms with van der Waals surface area (Å²) in [6, 6.07) is 0. The summed E-state index contributed by atoms with van der Waals surface area (Å²) in [6.45, 7) is 11.4. The Bertz CT molecular complexity index is 192. The molecule has 2 nitrogen and oxygen atoms in total. The predicted molar refractivity (Wildman–Crippen MR) is 88.1 cm³/mol. The normalized spacial score (nSPS) is 20.6. The van der Waals surface area contributed by atoms with Crippen LogP contribution < -0.4 is 0 Å². The topological polar surface area (TPSA) is 18.5 Å². The number of hydrogen-bond donors (Lipinski definition) is 0. The van der Waals surface area contributed by atoms with E-state index in [9.17, 15) is 0 Å². The first kappa shape index (κ1) is 19.9. The van der Waals surface area contributed by atoms with E-state index >= 15 is 0 Å². The molecule has 1 aliphatic heterocycles. The van der Waals surface area contributed by atoms with Gasteiger partial charge in [-0.3, -0.25) is 0 Å². The third kappa shape index (κ3) is 8.26. The molecule has 1 aliphatic rings. The van der Waals surface area contributed by atoms with Crippen LogP contribution >= 0.6 is 0 Å². The van der Waals surface area contributed by atoms with E-state index in [0.717, 1.165) is 19.4 Å². The molecule has 0 radical (unpaired) electrons. The minimum Gasteiger partial charge on any atom is -0.347 e. The zero-order valence-corrected chi connectivity index (χ0v) is 14.7. The second kappa shape index (κ2) is 12.6. The summed E-state index contributed by atoms with van der Waals surface area (Å²) in [5.74, 6) is -0.235. The molecule has 0 saturated carbocycles. The monoisotopic (exact) mass is 286 g/mol. The van der Waals surface area contributed by atoms with Gasteiger partial charge in [-0.25, -0.2) is 0 Å². The van der Waals surface area contributed by atoms with Crippen LogP contribution in [-0.4, -0.2) is 18.5 Å². The molecule has 0 aliphatic carbocycles. The number of unbranched alkanes of at least 4 members (excludes halogenated alkanes) is 6. The summed E-state index contributed by atoms with van der Waals surface area (Å²) in [5.41, 5.74) is 0. The van der Waals surface area contributed by atoms with Crippen molar-refractivity contribution in [1.82, 2.24) is 0 Å². The lowest BCUT2D eigenvalue weighted by Gasteiger charge is -2.28. The zero-order chi connectivity index (χ0) is 15.3. The van der Waals surface area contributed by atoms with Crippen molar-refractivity contribution in [3.8, 4) is 0 Å². The summed E-state index contributed by atoms with van der Waals surface area (Å²) in [4.78, 5) is 0. The maximum absolute atomic E-state index is 6.09. The Labute approximate surface area is 127 Å². The highest BCUT2D eigenvalue weighted by molar-refractivity contribution is 4.77. The second-order valence-corrected chi connectivity index (χ2v) is 5.77. The summed E-state index contributed by atoms with van der Waals surface area (Å²) in [6.07, 6.45) is 12.8. The fourth-order valence-corrected chi connectivity index (χ4v) is 2.73. The van der Waals surface area contributed by atoms with E-state index in [2.05, 4.69) is 20.8 Å². The molecule has 20 heavy (non-hydrogen) atoms. The molecular formula is C18H38O2. The van der Waals surface area contributed by atoms with Crippen LogP contribution in [0.3, 0.4) is 0 Å². The van der Waals surface area contributed by atoms with Crippen molar-refractivity contribution in [1.29, 1.82) is 0 Å². The lowest BCUT2D eigenvalue weighted by Crippen LogP contribution is -2.30. The maximum atomic E-state index is 6.09. The Hall–Kier alpha value is -0.0800. The van der Waals surface area contributed by atoms with E-state index in [4.69, 9.17) is 9.47 Å². The molecule has 1 atom stereocenters. The predicted octanol–water partition coefficient (Wildman–Crippen LogP) is 6.09. The van der Waals surface area contributed by atoms with E-state index in [1.54, 1.807) is 0 Å². The molecule has 1 saturated heterocycles. The average molecular weight is 286 g/mol. The van der Waals surface area contributed by atoms with Gasteiger partial charge in [-0.2, -0.15) is 0 Å². The van der Waals surface area contributed by atoms with Gasteiger partial charge >= 0.3 is 0 Å². The van der Waals surface area contributed by atoms with E-state index in [0.29, 0.717) is 0 Å². The van der Waals surface area contributed by atoms with E-state index in [1.165, 1.54) is 51.4 Å². The molecule has 1 rings (SSSR count). The second-order valence-electron chi connectivity index (χ2n) is 5.77. The van der Waals surface area contributed by atoms with Gasteiger partial charge in [0.15, 0.2) is 5.79 Å². The van der Waals surface area contributed by atoms with E-state index in [1.807, 2.05) is 13.8 Å². The maximum Gasteiger partial charge on any atom is 0.168 e. The molecule has 0 bridgehead atoms. The molecular weight excluding hydrogens is 248 g/mol. The fourth-order valence-electron chi connectivity index (χ4n) is 2.73. The van der Waals surface area contributed by atoms with Gasteiger partial charge in [0.05, 0.1) is 12.7 Å². The Balaban J connectivity index is 0.00000172. The third-order valence-electron chi connectivity index (χ3n) is 3.82. The molecule has 122 valence electrons. The van der Waals surface area contributed by atoms with Crippen LogP contribution in [0.1, 0.15) is 98.8 Å². The molecule has 1 unspecified atom stereocenters. The summed E-state index contributed by atoms with van der Waals surface area (Å²) < 4.78 is 12.1. The van der Waals surface area contributed by atoms with Crippen LogP contribution in [0.25, 0.3) is 0 Å². The van der Waals surface area contributed by atoms with Crippen LogP contribution in [0.2, 0.25) is 0 Å². The highest BCUT2D eigenvalue weighted by Crippen LogP contribution is 2.34. The lowest BCUT2D eigenvalue weighted by molar-refractivity contribution is -0.177. The minimum atomic E-state index is -0.235. The van der Waals surface area contributed by atoms with Gasteiger partial charge in [0.1, 0.15) is 0 Å². The minimum absolute atomic E-state index is 0.235. The smallest absolute Gasteiger partial charge is 0.168 e. The molecule has 0 aromatic carbocycles. The van der Waals surface area contributed by atoms with Crippen molar-refractivity contribution in [3.05, 3.63) is 0 Å². The standard InChI is InChI=1S/C16H32O2.C2H6/c1-4-6-8-10-12-16(13-11-9-7-5-2)17-14-15(3)18-16;1-2/h15H,4-14H2,1-3H3;1-2H3. The van der Waals surface area contributed by atoms with Crippen molar-refractivity contribution in [2.45, 2.75) is 111 Å². The number of ether oxygens (including phenoxy) is 2. The van der Waals surface area contributed by atoms with Gasteiger partial charge in [0.25, 0.3) is 0 Å². The lowest BCUT2D eigenvalue weighted by atomic mass is 10.00.